The van der Waals surface area contributed by atoms with E-state index in [1.807, 2.05) is 0 Å². The summed E-state index contributed by atoms with van der Waals surface area (Å²) in [7, 11) is 0. The van der Waals surface area contributed by atoms with E-state index in [4.69, 9.17) is 11.0 Å². The van der Waals surface area contributed by atoms with Gasteiger partial charge in [-0.05, 0) is 12.1 Å². The Morgan fingerprint density at radius 3 is 2.77 bits per heavy atom. The van der Waals surface area contributed by atoms with Gasteiger partial charge in [0.05, 0.1) is 11.4 Å². The lowest BCUT2D eigenvalue weighted by atomic mass is 10.3. The monoisotopic (exact) mass is 176 g/mol. The Hall–Kier alpha value is -2.22. The van der Waals surface area contributed by atoms with E-state index in [1.54, 1.807) is 24.3 Å². The summed E-state index contributed by atoms with van der Waals surface area (Å²) < 4.78 is 0. The van der Waals surface area contributed by atoms with Gasteiger partial charge in [0.25, 0.3) is 0 Å². The number of amides is 1. The molecule has 13 heavy (non-hydrogen) atoms. The number of benzene rings is 1. The number of nitriles is 1. The van der Waals surface area contributed by atoms with Crippen LogP contribution in [0, 0.1) is 11.3 Å². The summed E-state index contributed by atoms with van der Waals surface area (Å²) >= 11 is 0. The van der Waals surface area contributed by atoms with Crippen molar-refractivity contribution < 1.29 is 4.79 Å². The molecule has 5 heteroatoms. The number of nitrogens with two attached hydrogens (primary N) is 1. The number of hydrogen-bond donors (Lipinski definition) is 3. The first-order valence-electron chi connectivity index (χ1n) is 3.54. The summed E-state index contributed by atoms with van der Waals surface area (Å²) in [5, 5.41) is 8.15. The molecule has 0 aliphatic heterocycles. The lowest BCUT2D eigenvalue weighted by molar-refractivity contribution is -0.115. The largest absolute Gasteiger partial charge is 0.397 e. The van der Waals surface area contributed by atoms with E-state index in [-0.39, 0.29) is 0 Å². The topological polar surface area (TPSA) is 90.9 Å². The maximum atomic E-state index is 10.5. The third-order valence-electron chi connectivity index (χ3n) is 1.37. The van der Waals surface area contributed by atoms with Crippen molar-refractivity contribution in [2.24, 2.45) is 0 Å². The van der Waals surface area contributed by atoms with E-state index in [0.29, 0.717) is 11.4 Å². The molecule has 1 aromatic carbocycles. The Balaban J connectivity index is 2.61. The van der Waals surface area contributed by atoms with Crippen molar-refractivity contribution in [3.63, 3.8) is 0 Å². The summed E-state index contributed by atoms with van der Waals surface area (Å²) in [6, 6.07) is 8.30. The van der Waals surface area contributed by atoms with E-state index in [1.165, 1.54) is 6.07 Å². The van der Waals surface area contributed by atoms with Crippen molar-refractivity contribution in [2.45, 2.75) is 0 Å². The van der Waals surface area contributed by atoms with Crippen LogP contribution in [0.25, 0.3) is 0 Å². The number of nitrogens with zero attached hydrogens (tertiary/aromatic N) is 1. The molecule has 66 valence electrons. The molecule has 0 saturated heterocycles. The Bertz CT molecular complexity index is 355. The molecule has 0 saturated carbocycles. The number of hydrazine groups is 1. The van der Waals surface area contributed by atoms with Gasteiger partial charge >= 0.3 is 5.91 Å². The number of rotatable bonds is 2. The summed E-state index contributed by atoms with van der Waals surface area (Å²) in [6.45, 7) is 0. The third kappa shape index (κ3) is 2.38. The summed E-state index contributed by atoms with van der Waals surface area (Å²) in [5.74, 6) is -0.761. The molecule has 1 rings (SSSR count). The molecule has 4 N–H and O–H groups in total. The second kappa shape index (κ2) is 3.97. The molecule has 0 heterocycles. The van der Waals surface area contributed by atoms with Gasteiger partial charge in [-0.3, -0.25) is 15.6 Å². The summed E-state index contributed by atoms with van der Waals surface area (Å²) in [5.41, 5.74) is 11.3. The highest BCUT2D eigenvalue weighted by molar-refractivity contribution is 5.92. The smallest absolute Gasteiger partial charge is 0.340 e. The van der Waals surface area contributed by atoms with Crippen LogP contribution in [0.5, 0.6) is 0 Å². The van der Waals surface area contributed by atoms with Crippen molar-refractivity contribution in [1.29, 1.82) is 5.26 Å². The van der Waals surface area contributed by atoms with Gasteiger partial charge in [0, 0.05) is 0 Å². The quantitative estimate of drug-likeness (QED) is 0.342. The first kappa shape index (κ1) is 8.87. The van der Waals surface area contributed by atoms with Gasteiger partial charge in [-0.25, -0.2) is 0 Å². The predicted octanol–water partition coefficient (Wildman–Crippen LogP) is 0.235. The minimum absolute atomic E-state index is 0.501. The Labute approximate surface area is 75.1 Å². The molecule has 0 fully saturated rings. The Morgan fingerprint density at radius 2 is 2.15 bits per heavy atom. The van der Waals surface area contributed by atoms with E-state index in [0.717, 1.165) is 0 Å². The standard InChI is InChI=1S/C8H8N4O/c9-5-8(13)12-11-7-4-2-1-3-6(7)10/h1-4,11H,10H2,(H,12,13). The molecule has 0 spiro atoms. The molecule has 0 atom stereocenters. The average molecular weight is 176 g/mol. The van der Waals surface area contributed by atoms with E-state index in [2.05, 4.69) is 10.9 Å². The highest BCUT2D eigenvalue weighted by atomic mass is 16.2. The molecule has 0 radical (unpaired) electrons. The first-order chi connectivity index (χ1) is 6.24. The summed E-state index contributed by atoms with van der Waals surface area (Å²) in [6.07, 6.45) is 0. The van der Waals surface area contributed by atoms with Crippen LogP contribution in [0.15, 0.2) is 24.3 Å². The lowest BCUT2D eigenvalue weighted by Crippen LogP contribution is -2.28. The van der Waals surface area contributed by atoms with Crippen molar-refractivity contribution in [3.05, 3.63) is 24.3 Å². The number of carbonyl (C=O) groups excluding carboxylic acids is 1. The molecule has 5 nitrogen and oxygen atoms in total. The van der Waals surface area contributed by atoms with E-state index in [9.17, 15) is 4.79 Å². The van der Waals surface area contributed by atoms with E-state index >= 15 is 0 Å². The first-order valence-corrected chi connectivity index (χ1v) is 3.54. The van der Waals surface area contributed by atoms with Gasteiger partial charge in [0.1, 0.15) is 0 Å². The fraction of sp³-hybridized carbons (Fsp3) is 0. The second-order valence-corrected chi connectivity index (χ2v) is 2.28. The van der Waals surface area contributed by atoms with E-state index < -0.39 is 5.91 Å². The second-order valence-electron chi connectivity index (χ2n) is 2.28. The van der Waals surface area contributed by atoms with Crippen molar-refractivity contribution in [3.8, 4) is 6.07 Å². The average Bonchev–Trinajstić information content (AvgIpc) is 2.16. The molecular weight excluding hydrogens is 168 g/mol. The minimum atomic E-state index is -0.761. The summed E-state index contributed by atoms with van der Waals surface area (Å²) in [4.78, 5) is 10.5. The van der Waals surface area contributed by atoms with Crippen LogP contribution in [-0.4, -0.2) is 5.91 Å². The van der Waals surface area contributed by atoms with Crippen molar-refractivity contribution in [1.82, 2.24) is 5.43 Å². The lowest BCUT2D eigenvalue weighted by Gasteiger charge is -2.06. The normalized spacial score (nSPS) is 8.54. The van der Waals surface area contributed by atoms with Crippen molar-refractivity contribution in [2.75, 3.05) is 11.2 Å². The highest BCUT2D eigenvalue weighted by Crippen LogP contribution is 2.14. The number of anilines is 2. The fourth-order valence-electron chi connectivity index (χ4n) is 0.763. The number of para-hydroxylation sites is 2. The van der Waals surface area contributed by atoms with Gasteiger partial charge in [0.2, 0.25) is 0 Å². The SMILES string of the molecule is N#CC(=O)NNc1ccccc1N. The zero-order valence-electron chi connectivity index (χ0n) is 6.74. The number of nitrogen functional groups attached to an aromatic ring is 1. The predicted molar refractivity (Wildman–Crippen MR) is 48.2 cm³/mol. The van der Waals surface area contributed by atoms with Crippen LogP contribution >= 0.6 is 0 Å². The zero-order chi connectivity index (χ0) is 9.68. The van der Waals surface area contributed by atoms with Crippen LogP contribution < -0.4 is 16.6 Å². The highest BCUT2D eigenvalue weighted by Gasteiger charge is 1.98. The molecule has 0 unspecified atom stereocenters. The Morgan fingerprint density at radius 1 is 1.46 bits per heavy atom. The number of nitrogens with one attached hydrogen (secondary N) is 2. The molecule has 0 bridgehead atoms. The van der Waals surface area contributed by atoms with Crippen LogP contribution in [0.3, 0.4) is 0 Å². The molecule has 1 amide bonds. The Kier molecular flexibility index (Phi) is 2.71. The maximum Gasteiger partial charge on any atom is 0.340 e. The maximum absolute atomic E-state index is 10.5. The third-order valence-corrected chi connectivity index (χ3v) is 1.37. The van der Waals surface area contributed by atoms with Crippen LogP contribution in [0.2, 0.25) is 0 Å². The number of hydrogen-bond acceptors (Lipinski definition) is 4. The molecule has 1 aromatic rings. The molecule has 0 aliphatic carbocycles. The van der Waals surface area contributed by atoms with Gasteiger partial charge < -0.3 is 5.73 Å². The zero-order valence-corrected chi connectivity index (χ0v) is 6.74. The minimum Gasteiger partial charge on any atom is -0.397 e. The van der Waals surface area contributed by atoms with Gasteiger partial charge in [-0.2, -0.15) is 5.26 Å². The van der Waals surface area contributed by atoms with Gasteiger partial charge in [-0.15, -0.1) is 0 Å². The van der Waals surface area contributed by atoms with Crippen LogP contribution in [-0.2, 0) is 4.79 Å². The van der Waals surface area contributed by atoms with Crippen LogP contribution in [0.4, 0.5) is 11.4 Å². The molecule has 0 aliphatic rings. The fourth-order valence-corrected chi connectivity index (χ4v) is 0.763. The van der Waals surface area contributed by atoms with Gasteiger partial charge in [-0.1, -0.05) is 12.1 Å². The number of carbonyl (C=O) groups is 1. The molecule has 0 aromatic heterocycles. The van der Waals surface area contributed by atoms with Gasteiger partial charge in [0.15, 0.2) is 6.07 Å². The van der Waals surface area contributed by atoms with Crippen LogP contribution in [0.1, 0.15) is 0 Å². The van der Waals surface area contributed by atoms with Crippen molar-refractivity contribution >= 4 is 17.3 Å². The molecular formula is C8H8N4O.